The van der Waals surface area contributed by atoms with Gasteiger partial charge in [0.2, 0.25) is 0 Å². The number of unbranched alkanes of at least 4 members (excludes halogenated alkanes) is 1. The summed E-state index contributed by atoms with van der Waals surface area (Å²) in [5.41, 5.74) is -0.0305. The number of carbonyl (C=O) groups is 1. The van der Waals surface area contributed by atoms with Gasteiger partial charge in [0.25, 0.3) is 6.26 Å². The largest absolute Gasteiger partial charge is 0.444 e. The lowest BCUT2D eigenvalue weighted by Crippen LogP contribution is -2.49. The van der Waals surface area contributed by atoms with Gasteiger partial charge in [0.1, 0.15) is 19.8 Å². The second-order valence-corrected chi connectivity index (χ2v) is 9.65. The molecule has 0 aromatic heterocycles. The SMILES string of the molecule is CCCC[N+](C)(C)CCOC(=O)NC1CC(C)(C)CC(C)(COC#N)C1. The standard InChI is InChI=1S/C20H37N3O3/c1-7-8-9-23(5,6)10-11-26-18(24)22-17-12-19(2,3)14-20(4,13-17)15-25-16-21/h17H,7-15H2,1-6H3/p+1. The number of nitriles is 1. The number of quaternary nitrogens is 1. The lowest BCUT2D eigenvalue weighted by atomic mass is 9.63. The zero-order chi connectivity index (χ0) is 19.8. The van der Waals surface area contributed by atoms with Gasteiger partial charge in [-0.3, -0.25) is 0 Å². The van der Waals surface area contributed by atoms with Crippen molar-refractivity contribution in [3.8, 4) is 6.26 Å². The summed E-state index contributed by atoms with van der Waals surface area (Å²) >= 11 is 0. The van der Waals surface area contributed by atoms with Gasteiger partial charge in [-0.15, -0.1) is 0 Å². The van der Waals surface area contributed by atoms with Crippen LogP contribution in [0.25, 0.3) is 0 Å². The Kier molecular flexibility index (Phi) is 8.20. The molecule has 1 rings (SSSR count). The molecule has 6 heteroatoms. The summed E-state index contributed by atoms with van der Waals surface area (Å²) in [6.45, 7) is 11.4. The van der Waals surface area contributed by atoms with Gasteiger partial charge in [-0.25, -0.2) is 4.79 Å². The van der Waals surface area contributed by atoms with Crippen LogP contribution in [-0.2, 0) is 9.47 Å². The van der Waals surface area contributed by atoms with E-state index >= 15 is 0 Å². The molecule has 26 heavy (non-hydrogen) atoms. The van der Waals surface area contributed by atoms with Crippen LogP contribution in [0.3, 0.4) is 0 Å². The minimum atomic E-state index is -0.341. The summed E-state index contributed by atoms with van der Waals surface area (Å²) in [6, 6.07) is 0.0427. The van der Waals surface area contributed by atoms with Crippen LogP contribution in [0.4, 0.5) is 4.79 Å². The van der Waals surface area contributed by atoms with Crippen molar-refractivity contribution in [2.45, 2.75) is 65.8 Å². The second-order valence-electron chi connectivity index (χ2n) is 9.65. The first-order valence-corrected chi connectivity index (χ1v) is 9.77. The molecule has 0 heterocycles. The average Bonchev–Trinajstić information content (AvgIpc) is 2.49. The van der Waals surface area contributed by atoms with Crippen molar-refractivity contribution in [1.82, 2.24) is 5.32 Å². The molecular formula is C20H38N3O3+. The predicted molar refractivity (Wildman–Crippen MR) is 102 cm³/mol. The van der Waals surface area contributed by atoms with E-state index in [1.807, 2.05) is 0 Å². The first-order valence-electron chi connectivity index (χ1n) is 9.77. The van der Waals surface area contributed by atoms with Crippen molar-refractivity contribution in [2.24, 2.45) is 10.8 Å². The molecule has 1 amide bonds. The molecule has 6 nitrogen and oxygen atoms in total. The summed E-state index contributed by atoms with van der Waals surface area (Å²) < 4.78 is 11.3. The zero-order valence-electron chi connectivity index (χ0n) is 17.6. The molecule has 1 saturated carbocycles. The summed E-state index contributed by atoms with van der Waals surface area (Å²) in [6.07, 6.45) is 6.45. The van der Waals surface area contributed by atoms with Crippen molar-refractivity contribution >= 4 is 6.09 Å². The Morgan fingerprint density at radius 2 is 1.96 bits per heavy atom. The van der Waals surface area contributed by atoms with Gasteiger partial charge in [0, 0.05) is 11.5 Å². The maximum Gasteiger partial charge on any atom is 0.407 e. The fraction of sp³-hybridized carbons (Fsp3) is 0.900. The quantitative estimate of drug-likeness (QED) is 0.498. The van der Waals surface area contributed by atoms with Crippen LogP contribution in [0, 0.1) is 22.3 Å². The van der Waals surface area contributed by atoms with Crippen molar-refractivity contribution < 1.29 is 18.8 Å². The molecule has 0 saturated heterocycles. The number of amides is 1. The Balaban J connectivity index is 2.48. The third-order valence-corrected chi connectivity index (χ3v) is 5.30. The minimum absolute atomic E-state index is 0.0427. The highest BCUT2D eigenvalue weighted by Crippen LogP contribution is 2.46. The second kappa shape index (κ2) is 9.45. The van der Waals surface area contributed by atoms with Gasteiger partial charge in [-0.2, -0.15) is 5.26 Å². The van der Waals surface area contributed by atoms with E-state index in [2.05, 4.69) is 47.1 Å². The highest BCUT2D eigenvalue weighted by Gasteiger charge is 2.42. The van der Waals surface area contributed by atoms with Crippen molar-refractivity contribution in [1.29, 1.82) is 5.26 Å². The molecule has 150 valence electrons. The molecule has 0 radical (unpaired) electrons. The highest BCUT2D eigenvalue weighted by molar-refractivity contribution is 5.67. The zero-order valence-corrected chi connectivity index (χ0v) is 17.6. The fourth-order valence-electron chi connectivity index (χ4n) is 4.34. The van der Waals surface area contributed by atoms with Crippen LogP contribution in [0.15, 0.2) is 0 Å². The maximum atomic E-state index is 12.2. The smallest absolute Gasteiger partial charge is 0.407 e. The number of rotatable bonds is 9. The number of nitrogens with one attached hydrogen (secondary N) is 1. The van der Waals surface area contributed by atoms with E-state index in [0.29, 0.717) is 13.2 Å². The average molecular weight is 369 g/mol. The molecule has 1 aliphatic carbocycles. The van der Waals surface area contributed by atoms with Gasteiger partial charge >= 0.3 is 6.09 Å². The van der Waals surface area contributed by atoms with Gasteiger partial charge in [-0.1, -0.05) is 34.1 Å². The van der Waals surface area contributed by atoms with Crippen LogP contribution in [0.1, 0.15) is 59.8 Å². The normalized spacial score (nSPS) is 25.2. The Hall–Kier alpha value is -1.48. The van der Waals surface area contributed by atoms with Crippen LogP contribution in [0.2, 0.25) is 0 Å². The molecule has 1 fully saturated rings. The van der Waals surface area contributed by atoms with E-state index in [0.717, 1.165) is 36.8 Å². The molecule has 0 spiro atoms. The van der Waals surface area contributed by atoms with Crippen LogP contribution in [-0.4, -0.2) is 57.0 Å². The predicted octanol–water partition coefficient (Wildman–Crippen LogP) is 3.67. The van der Waals surface area contributed by atoms with E-state index in [-0.39, 0.29) is 23.0 Å². The summed E-state index contributed by atoms with van der Waals surface area (Å²) in [5.74, 6) is 0. The Morgan fingerprint density at radius 1 is 1.27 bits per heavy atom. The lowest BCUT2D eigenvalue weighted by Gasteiger charge is -2.45. The monoisotopic (exact) mass is 368 g/mol. The van der Waals surface area contributed by atoms with Crippen molar-refractivity contribution in [2.75, 3.05) is 40.4 Å². The van der Waals surface area contributed by atoms with Crippen molar-refractivity contribution in [3.63, 3.8) is 0 Å². The number of hydrogen-bond acceptors (Lipinski definition) is 4. The molecule has 2 atom stereocenters. The molecule has 0 aliphatic heterocycles. The van der Waals surface area contributed by atoms with Gasteiger partial charge in [-0.05, 0) is 31.1 Å². The highest BCUT2D eigenvalue weighted by atomic mass is 16.5. The molecule has 2 unspecified atom stereocenters. The number of likely N-dealkylation sites (N-methyl/N-ethyl adjacent to an activating group) is 1. The lowest BCUT2D eigenvalue weighted by molar-refractivity contribution is -0.890. The van der Waals surface area contributed by atoms with Crippen LogP contribution >= 0.6 is 0 Å². The minimum Gasteiger partial charge on any atom is -0.444 e. The topological polar surface area (TPSA) is 71.3 Å². The van der Waals surface area contributed by atoms with E-state index in [1.54, 1.807) is 6.26 Å². The first kappa shape index (κ1) is 22.6. The number of hydrogen-bond donors (Lipinski definition) is 1. The number of ether oxygens (including phenoxy) is 2. The van der Waals surface area contributed by atoms with E-state index in [9.17, 15) is 4.79 Å². The first-order chi connectivity index (χ1) is 12.0. The molecule has 1 aliphatic rings. The third kappa shape index (κ3) is 8.27. The summed E-state index contributed by atoms with van der Waals surface area (Å²) in [7, 11) is 4.34. The van der Waals surface area contributed by atoms with E-state index in [1.165, 1.54) is 12.8 Å². The number of alkyl carbamates (subject to hydrolysis) is 1. The molecule has 1 N–H and O–H groups in total. The molecule has 0 bridgehead atoms. The Bertz CT molecular complexity index is 499. The fourth-order valence-corrected chi connectivity index (χ4v) is 4.34. The molecule has 0 aromatic carbocycles. The molecular weight excluding hydrogens is 330 g/mol. The molecule has 0 aromatic rings. The van der Waals surface area contributed by atoms with Crippen molar-refractivity contribution in [3.05, 3.63) is 0 Å². The third-order valence-electron chi connectivity index (χ3n) is 5.30. The van der Waals surface area contributed by atoms with E-state index in [4.69, 9.17) is 14.7 Å². The Labute approximate surface area is 159 Å². The number of nitrogens with zero attached hydrogens (tertiary/aromatic N) is 2. The maximum absolute atomic E-state index is 12.2. The van der Waals surface area contributed by atoms with Gasteiger partial charge in [0.05, 0.1) is 20.6 Å². The van der Waals surface area contributed by atoms with Crippen LogP contribution in [0.5, 0.6) is 0 Å². The van der Waals surface area contributed by atoms with E-state index < -0.39 is 0 Å². The van der Waals surface area contributed by atoms with Gasteiger partial charge in [0.15, 0.2) is 0 Å². The van der Waals surface area contributed by atoms with Crippen LogP contribution < -0.4 is 5.32 Å². The van der Waals surface area contributed by atoms with Gasteiger partial charge < -0.3 is 19.3 Å². The summed E-state index contributed by atoms with van der Waals surface area (Å²) in [4.78, 5) is 12.2. The summed E-state index contributed by atoms with van der Waals surface area (Å²) in [5, 5.41) is 11.7. The number of carbonyl (C=O) groups excluding carboxylic acids is 1. The Morgan fingerprint density at radius 3 is 2.58 bits per heavy atom.